The standard InChI is InChI=1S/C19H17Cl2FN2O/c20-17-7-1-14(13-18(17)21)2-8-19(25)24-11-9-23(10-12-24)16-5-3-15(22)4-6-16/h1-8,13H,9-12H2/b8-2+. The molecule has 0 unspecified atom stereocenters. The van der Waals surface area contributed by atoms with Gasteiger partial charge in [0, 0.05) is 37.9 Å². The number of nitrogens with zero attached hydrogens (tertiary/aromatic N) is 2. The molecular formula is C19H17Cl2FN2O. The van der Waals surface area contributed by atoms with Gasteiger partial charge >= 0.3 is 0 Å². The van der Waals surface area contributed by atoms with E-state index in [1.165, 1.54) is 12.1 Å². The van der Waals surface area contributed by atoms with Crippen LogP contribution in [-0.2, 0) is 4.79 Å². The number of halogens is 3. The van der Waals surface area contributed by atoms with Crippen molar-refractivity contribution in [3.8, 4) is 0 Å². The number of amides is 1. The quantitative estimate of drug-likeness (QED) is 0.734. The highest BCUT2D eigenvalue weighted by Gasteiger charge is 2.19. The summed E-state index contributed by atoms with van der Waals surface area (Å²) in [7, 11) is 0. The number of carbonyl (C=O) groups excluding carboxylic acids is 1. The SMILES string of the molecule is O=C(/C=C/c1ccc(Cl)c(Cl)c1)N1CCN(c2ccc(F)cc2)CC1. The fourth-order valence-electron chi connectivity index (χ4n) is 2.73. The zero-order valence-corrected chi connectivity index (χ0v) is 15.0. The van der Waals surface area contributed by atoms with Gasteiger partial charge in [0.05, 0.1) is 10.0 Å². The summed E-state index contributed by atoms with van der Waals surface area (Å²) in [5.41, 5.74) is 1.80. The van der Waals surface area contributed by atoms with E-state index in [0.29, 0.717) is 23.1 Å². The molecule has 3 nitrogen and oxygen atoms in total. The third-order valence-corrected chi connectivity index (χ3v) is 4.88. The molecule has 0 aliphatic carbocycles. The lowest BCUT2D eigenvalue weighted by Gasteiger charge is -2.35. The minimum absolute atomic E-state index is 0.0372. The number of hydrogen-bond donors (Lipinski definition) is 0. The fourth-order valence-corrected chi connectivity index (χ4v) is 3.03. The van der Waals surface area contributed by atoms with Gasteiger partial charge in [0.25, 0.3) is 0 Å². The van der Waals surface area contributed by atoms with Crippen LogP contribution in [0.4, 0.5) is 10.1 Å². The van der Waals surface area contributed by atoms with Crippen molar-refractivity contribution in [1.82, 2.24) is 4.90 Å². The van der Waals surface area contributed by atoms with Gasteiger partial charge in [0.2, 0.25) is 5.91 Å². The Labute approximate surface area is 156 Å². The van der Waals surface area contributed by atoms with Crippen molar-refractivity contribution in [1.29, 1.82) is 0 Å². The molecule has 2 aromatic carbocycles. The van der Waals surface area contributed by atoms with Crippen molar-refractivity contribution in [3.63, 3.8) is 0 Å². The average molecular weight is 379 g/mol. The first-order valence-corrected chi connectivity index (χ1v) is 8.71. The van der Waals surface area contributed by atoms with Crippen LogP contribution in [0.2, 0.25) is 10.0 Å². The highest BCUT2D eigenvalue weighted by atomic mass is 35.5. The lowest BCUT2D eigenvalue weighted by atomic mass is 10.2. The lowest BCUT2D eigenvalue weighted by Crippen LogP contribution is -2.48. The minimum atomic E-state index is -0.245. The second-order valence-corrected chi connectivity index (χ2v) is 6.61. The van der Waals surface area contributed by atoms with Crippen LogP contribution in [0.1, 0.15) is 5.56 Å². The molecule has 1 aliphatic rings. The van der Waals surface area contributed by atoms with E-state index in [1.54, 1.807) is 41.3 Å². The van der Waals surface area contributed by atoms with Crippen molar-refractivity contribution < 1.29 is 9.18 Å². The summed E-state index contributed by atoms with van der Waals surface area (Å²) in [5, 5.41) is 0.950. The first-order chi connectivity index (χ1) is 12.0. The van der Waals surface area contributed by atoms with E-state index in [1.807, 2.05) is 6.07 Å². The zero-order chi connectivity index (χ0) is 17.8. The molecule has 0 N–H and O–H groups in total. The van der Waals surface area contributed by atoms with Gasteiger partial charge in [-0.3, -0.25) is 4.79 Å². The maximum absolute atomic E-state index is 13.0. The maximum Gasteiger partial charge on any atom is 0.246 e. The summed E-state index contributed by atoms with van der Waals surface area (Å²) in [6.45, 7) is 2.69. The molecule has 3 rings (SSSR count). The molecule has 0 spiro atoms. The van der Waals surface area contributed by atoms with Crippen molar-refractivity contribution in [2.24, 2.45) is 0 Å². The Morgan fingerprint density at radius 2 is 1.64 bits per heavy atom. The largest absolute Gasteiger partial charge is 0.368 e. The van der Waals surface area contributed by atoms with Crippen LogP contribution in [-0.4, -0.2) is 37.0 Å². The van der Waals surface area contributed by atoms with E-state index < -0.39 is 0 Å². The number of carbonyl (C=O) groups is 1. The van der Waals surface area contributed by atoms with E-state index in [2.05, 4.69) is 4.90 Å². The molecule has 25 heavy (non-hydrogen) atoms. The molecule has 2 aromatic rings. The zero-order valence-electron chi connectivity index (χ0n) is 13.5. The normalized spacial score (nSPS) is 15.0. The second-order valence-electron chi connectivity index (χ2n) is 5.80. The molecular weight excluding hydrogens is 362 g/mol. The molecule has 0 saturated carbocycles. The number of anilines is 1. The van der Waals surface area contributed by atoms with Crippen LogP contribution in [0, 0.1) is 5.82 Å². The summed E-state index contributed by atoms with van der Waals surface area (Å²) in [4.78, 5) is 16.3. The molecule has 130 valence electrons. The number of hydrogen-bond acceptors (Lipinski definition) is 2. The molecule has 1 aliphatic heterocycles. The molecule has 0 bridgehead atoms. The van der Waals surface area contributed by atoms with Crippen molar-refractivity contribution in [3.05, 3.63) is 70.0 Å². The number of rotatable bonds is 3. The van der Waals surface area contributed by atoms with Crippen molar-refractivity contribution in [2.75, 3.05) is 31.1 Å². The predicted octanol–water partition coefficient (Wildman–Crippen LogP) is 4.49. The van der Waals surface area contributed by atoms with Gasteiger partial charge in [-0.15, -0.1) is 0 Å². The Balaban J connectivity index is 1.56. The Bertz CT molecular complexity index is 785. The van der Waals surface area contributed by atoms with Gasteiger partial charge in [0.15, 0.2) is 0 Å². The fraction of sp³-hybridized carbons (Fsp3) is 0.211. The van der Waals surface area contributed by atoms with Gasteiger partial charge in [-0.2, -0.15) is 0 Å². The molecule has 1 amide bonds. The van der Waals surface area contributed by atoms with E-state index >= 15 is 0 Å². The molecule has 0 aromatic heterocycles. The Hall–Kier alpha value is -2.04. The molecule has 1 saturated heterocycles. The molecule has 1 heterocycles. The Morgan fingerprint density at radius 3 is 2.28 bits per heavy atom. The summed E-state index contributed by atoms with van der Waals surface area (Å²) in [5.74, 6) is -0.283. The van der Waals surface area contributed by atoms with Crippen LogP contribution in [0.3, 0.4) is 0 Å². The summed E-state index contributed by atoms with van der Waals surface area (Å²) >= 11 is 11.9. The molecule has 1 fully saturated rings. The highest BCUT2D eigenvalue weighted by Crippen LogP contribution is 2.23. The van der Waals surface area contributed by atoms with Crippen molar-refractivity contribution >= 4 is 40.9 Å². The Kier molecular flexibility index (Phi) is 5.61. The van der Waals surface area contributed by atoms with Crippen LogP contribution in [0.25, 0.3) is 6.08 Å². The highest BCUT2D eigenvalue weighted by molar-refractivity contribution is 6.42. The monoisotopic (exact) mass is 378 g/mol. The minimum Gasteiger partial charge on any atom is -0.368 e. The van der Waals surface area contributed by atoms with Crippen LogP contribution in [0.5, 0.6) is 0 Å². The van der Waals surface area contributed by atoms with Crippen molar-refractivity contribution in [2.45, 2.75) is 0 Å². The molecule has 6 heteroatoms. The summed E-state index contributed by atoms with van der Waals surface area (Å²) < 4.78 is 13.0. The number of benzene rings is 2. The smallest absolute Gasteiger partial charge is 0.246 e. The van der Waals surface area contributed by atoms with Crippen LogP contribution in [0.15, 0.2) is 48.5 Å². The summed E-state index contributed by atoms with van der Waals surface area (Å²) in [6.07, 6.45) is 3.28. The molecule has 0 radical (unpaired) electrons. The van der Waals surface area contributed by atoms with E-state index in [0.717, 1.165) is 24.3 Å². The predicted molar refractivity (Wildman–Crippen MR) is 101 cm³/mol. The van der Waals surface area contributed by atoms with E-state index in [-0.39, 0.29) is 11.7 Å². The van der Waals surface area contributed by atoms with Gasteiger partial charge in [-0.1, -0.05) is 29.3 Å². The molecule has 0 atom stereocenters. The van der Waals surface area contributed by atoms with E-state index in [9.17, 15) is 9.18 Å². The number of piperazine rings is 1. The average Bonchev–Trinajstić information content (AvgIpc) is 2.63. The lowest BCUT2D eigenvalue weighted by molar-refractivity contribution is -0.126. The van der Waals surface area contributed by atoms with Gasteiger partial charge in [0.1, 0.15) is 5.82 Å². The van der Waals surface area contributed by atoms with Crippen LogP contribution >= 0.6 is 23.2 Å². The second kappa shape index (κ2) is 7.89. The first kappa shape index (κ1) is 17.8. The Morgan fingerprint density at radius 1 is 0.960 bits per heavy atom. The third-order valence-electron chi connectivity index (χ3n) is 4.15. The first-order valence-electron chi connectivity index (χ1n) is 7.95. The topological polar surface area (TPSA) is 23.6 Å². The van der Waals surface area contributed by atoms with Gasteiger partial charge < -0.3 is 9.80 Å². The van der Waals surface area contributed by atoms with Gasteiger partial charge in [-0.05, 0) is 48.0 Å². The van der Waals surface area contributed by atoms with Crippen LogP contribution < -0.4 is 4.90 Å². The summed E-state index contributed by atoms with van der Waals surface area (Å²) in [6, 6.07) is 11.7. The van der Waals surface area contributed by atoms with Gasteiger partial charge in [-0.25, -0.2) is 4.39 Å². The van der Waals surface area contributed by atoms with E-state index in [4.69, 9.17) is 23.2 Å². The maximum atomic E-state index is 13.0. The third kappa shape index (κ3) is 4.53.